The second-order valence-electron chi connectivity index (χ2n) is 1.33. The second-order valence-corrected chi connectivity index (χ2v) is 1.33. The van der Waals surface area contributed by atoms with Crippen LogP contribution >= 0.6 is 0 Å². The molecule has 0 bridgehead atoms. The van der Waals surface area contributed by atoms with Crippen LogP contribution in [0, 0.1) is 20.1 Å². The van der Waals surface area contributed by atoms with Gasteiger partial charge in [0, 0.05) is 32.7 Å². The molecule has 11 heavy (non-hydrogen) atoms. The van der Waals surface area contributed by atoms with Crippen LogP contribution in [0.25, 0.3) is 0 Å². The van der Waals surface area contributed by atoms with Gasteiger partial charge in [0.15, 0.2) is 0 Å². The monoisotopic (exact) mass is 306 g/mol. The molecule has 0 unspecified atom stereocenters. The molecular weight excluding hydrogens is 292 g/mol. The summed E-state index contributed by atoms with van der Waals surface area (Å²) < 4.78 is 0. The maximum Gasteiger partial charge on any atom is 3.00 e. The third kappa shape index (κ3) is 18.6. The molecule has 1 radical (unpaired) electrons. The fourth-order valence-electron chi connectivity index (χ4n) is 0.198. The zero-order valence-corrected chi connectivity index (χ0v) is 13.3. The van der Waals surface area contributed by atoms with Crippen molar-refractivity contribution in [2.75, 3.05) is 0 Å². The van der Waals surface area contributed by atoms with Crippen molar-refractivity contribution in [3.05, 3.63) is 25.8 Å². The molecule has 0 aromatic heterocycles. The first kappa shape index (κ1) is 23.0. The molecule has 0 aromatic carbocycles. The summed E-state index contributed by atoms with van der Waals surface area (Å²) in [7, 11) is 0. The van der Waals surface area contributed by atoms with Gasteiger partial charge in [-0.3, -0.25) is 0 Å². The third-order valence-corrected chi connectivity index (χ3v) is 0.705. The van der Waals surface area contributed by atoms with E-state index in [0.29, 0.717) is 0 Å². The molecule has 0 atom stereocenters. The molecule has 0 saturated heterocycles. The summed E-state index contributed by atoms with van der Waals surface area (Å²) in [6, 6.07) is 0. The minimum atomic E-state index is 0. The summed E-state index contributed by atoms with van der Waals surface area (Å²) >= 11 is 0. The largest absolute Gasteiger partial charge is 3.00 e. The van der Waals surface area contributed by atoms with Gasteiger partial charge in [-0.15, -0.1) is 0 Å². The van der Waals surface area contributed by atoms with E-state index in [0.717, 1.165) is 5.70 Å². The topological polar surface area (TPSA) is 21.3 Å². The maximum absolute atomic E-state index is 4.71. The molecule has 1 N–H and O–H groups in total. The molecule has 0 saturated carbocycles. The average Bonchev–Trinajstić information content (AvgIpc) is 1.83. The van der Waals surface area contributed by atoms with Crippen molar-refractivity contribution in [2.45, 2.75) is 20.8 Å². The Morgan fingerprint density at radius 3 is 2.27 bits per heavy atom. The Morgan fingerprint density at radius 1 is 1.55 bits per heavy atom. The number of hydrogen-bond acceptors (Lipinski definition) is 2. The predicted molar refractivity (Wildman–Crippen MR) is 38.7 cm³/mol. The van der Waals surface area contributed by atoms with E-state index in [-0.39, 0.29) is 72.8 Å². The SMILES string of the molecule is C[C-]=C(C)NO[CH-]C.[CH3-].[Y+3].[Y]. The molecule has 0 spiro atoms. The first-order valence-electron chi connectivity index (χ1n) is 2.52. The van der Waals surface area contributed by atoms with Crippen LogP contribution in [0.1, 0.15) is 20.8 Å². The van der Waals surface area contributed by atoms with Crippen molar-refractivity contribution in [2.24, 2.45) is 0 Å². The summed E-state index contributed by atoms with van der Waals surface area (Å²) in [6.07, 6.45) is 2.86. The quantitative estimate of drug-likeness (QED) is 0.635. The summed E-state index contributed by atoms with van der Waals surface area (Å²) in [5.41, 5.74) is 3.52. The number of hydrogen-bond donors (Lipinski definition) is 1. The Morgan fingerprint density at radius 2 is 2.00 bits per heavy atom. The van der Waals surface area contributed by atoms with Crippen molar-refractivity contribution in [1.29, 1.82) is 0 Å². The smallest absolute Gasteiger partial charge is 0.477 e. The van der Waals surface area contributed by atoms with Gasteiger partial charge in [-0.25, -0.2) is 0 Å². The summed E-state index contributed by atoms with van der Waals surface area (Å²) in [5, 5.41) is 0. The van der Waals surface area contributed by atoms with Crippen LogP contribution in [-0.4, -0.2) is 0 Å². The summed E-state index contributed by atoms with van der Waals surface area (Å²) in [6.45, 7) is 7.07. The molecule has 0 rings (SSSR count). The van der Waals surface area contributed by atoms with Gasteiger partial charge in [-0.1, -0.05) is 6.92 Å². The first-order valence-corrected chi connectivity index (χ1v) is 2.52. The molecule has 59 valence electrons. The molecule has 4 heteroatoms. The Balaban J connectivity index is -0.0000000817. The van der Waals surface area contributed by atoms with E-state index in [1.807, 2.05) is 13.8 Å². The maximum atomic E-state index is 4.71. The zero-order chi connectivity index (χ0) is 6.41. The Hall–Kier alpha value is 1.71. The molecular formula is C7H14NOY2. The molecule has 0 aromatic rings. The van der Waals surface area contributed by atoms with Crippen molar-refractivity contribution < 1.29 is 70.3 Å². The normalized spacial score (nSPS) is 8.45. The molecule has 0 aliphatic rings. The molecule has 0 aliphatic carbocycles. The third-order valence-electron chi connectivity index (χ3n) is 0.705. The van der Waals surface area contributed by atoms with Crippen LogP contribution in [-0.2, 0) is 70.3 Å². The van der Waals surface area contributed by atoms with Gasteiger partial charge in [0.25, 0.3) is 0 Å². The number of nitrogens with one attached hydrogen (secondary N) is 1. The number of rotatable bonds is 3. The van der Waals surface area contributed by atoms with Gasteiger partial charge in [-0.2, -0.15) is 26.2 Å². The first-order chi connectivity index (χ1) is 3.81. The van der Waals surface area contributed by atoms with E-state index in [1.165, 1.54) is 0 Å². The van der Waals surface area contributed by atoms with E-state index in [1.54, 1.807) is 13.5 Å². The molecule has 2 nitrogen and oxygen atoms in total. The Kier molecular flexibility index (Phi) is 37.0. The Bertz CT molecular complexity index is 86.5. The fourth-order valence-corrected chi connectivity index (χ4v) is 0.198. The van der Waals surface area contributed by atoms with Crippen LogP contribution in [0.3, 0.4) is 0 Å². The van der Waals surface area contributed by atoms with Gasteiger partial charge in [0.2, 0.25) is 0 Å². The standard InChI is InChI=1S/C6H11NO.CH3.2Y/c1-4-6(3)7-8-5-2;;;/h5,7H,1-3H3;1H3;;/q-2;-1;;+3. The summed E-state index contributed by atoms with van der Waals surface area (Å²) in [4.78, 5) is 4.71. The molecule has 0 amide bonds. The summed E-state index contributed by atoms with van der Waals surface area (Å²) in [5.74, 6) is 0. The minimum absolute atomic E-state index is 0. The van der Waals surface area contributed by atoms with Crippen molar-refractivity contribution in [3.8, 4) is 0 Å². The van der Waals surface area contributed by atoms with Crippen LogP contribution in [0.2, 0.25) is 0 Å². The second kappa shape index (κ2) is 17.7. The average molecular weight is 306 g/mol. The minimum Gasteiger partial charge on any atom is -0.477 e. The van der Waals surface area contributed by atoms with E-state index >= 15 is 0 Å². The van der Waals surface area contributed by atoms with Crippen molar-refractivity contribution in [1.82, 2.24) is 5.48 Å². The zero-order valence-electron chi connectivity index (χ0n) is 7.64. The van der Waals surface area contributed by atoms with Gasteiger partial charge in [0.1, 0.15) is 0 Å². The fraction of sp³-hybridized carbons (Fsp3) is 0.429. The van der Waals surface area contributed by atoms with Gasteiger partial charge in [0.05, 0.1) is 0 Å². The number of hydroxylamine groups is 1. The van der Waals surface area contributed by atoms with Gasteiger partial charge in [-0.05, 0) is 0 Å². The number of allylic oxidation sites excluding steroid dienone is 2. The van der Waals surface area contributed by atoms with Crippen LogP contribution in [0.15, 0.2) is 5.70 Å². The van der Waals surface area contributed by atoms with E-state index < -0.39 is 0 Å². The Labute approximate surface area is 121 Å². The van der Waals surface area contributed by atoms with Crippen LogP contribution < -0.4 is 5.48 Å². The molecule has 0 aliphatic heterocycles. The molecule has 0 heterocycles. The van der Waals surface area contributed by atoms with E-state index in [9.17, 15) is 0 Å². The van der Waals surface area contributed by atoms with Crippen LogP contribution in [0.5, 0.6) is 0 Å². The van der Waals surface area contributed by atoms with Gasteiger partial charge >= 0.3 is 32.7 Å². The van der Waals surface area contributed by atoms with Gasteiger partial charge < -0.3 is 23.8 Å². The van der Waals surface area contributed by atoms with Crippen molar-refractivity contribution in [3.63, 3.8) is 0 Å². The van der Waals surface area contributed by atoms with E-state index in [4.69, 9.17) is 4.84 Å². The predicted octanol–water partition coefficient (Wildman–Crippen LogP) is 1.86. The molecule has 0 fully saturated rings. The van der Waals surface area contributed by atoms with E-state index in [2.05, 4.69) is 11.6 Å². The van der Waals surface area contributed by atoms with Crippen molar-refractivity contribution >= 4 is 0 Å². The van der Waals surface area contributed by atoms with Crippen LogP contribution in [0.4, 0.5) is 0 Å².